The van der Waals surface area contributed by atoms with Crippen molar-refractivity contribution in [3.8, 4) is 5.75 Å². The maximum Gasteiger partial charge on any atom is 0.253 e. The molecule has 7 heteroatoms. The van der Waals surface area contributed by atoms with E-state index in [9.17, 15) is 4.79 Å². The number of methoxy groups -OCH3 is 1. The summed E-state index contributed by atoms with van der Waals surface area (Å²) < 4.78 is 10.8. The maximum absolute atomic E-state index is 12.2. The molecule has 0 spiro atoms. The van der Waals surface area contributed by atoms with E-state index in [0.717, 1.165) is 34.1 Å². The van der Waals surface area contributed by atoms with Gasteiger partial charge in [-0.05, 0) is 61.4 Å². The lowest BCUT2D eigenvalue weighted by molar-refractivity contribution is -0.126. The zero-order chi connectivity index (χ0) is 17.6. The van der Waals surface area contributed by atoms with Crippen LogP contribution in [0.25, 0.3) is 0 Å². The van der Waals surface area contributed by atoms with E-state index in [1.165, 1.54) is 0 Å². The van der Waals surface area contributed by atoms with Crippen LogP contribution in [0.4, 0.5) is 5.69 Å². The summed E-state index contributed by atoms with van der Waals surface area (Å²) >= 11 is 1.66. The molecule has 1 amide bonds. The van der Waals surface area contributed by atoms with Crippen molar-refractivity contribution in [3.63, 3.8) is 0 Å². The smallest absolute Gasteiger partial charge is 0.253 e. The van der Waals surface area contributed by atoms with Crippen LogP contribution in [-0.2, 0) is 9.53 Å². The van der Waals surface area contributed by atoms with Crippen molar-refractivity contribution in [1.29, 1.82) is 0 Å². The third-order valence-corrected chi connectivity index (χ3v) is 5.10. The number of benzene rings is 2. The summed E-state index contributed by atoms with van der Waals surface area (Å²) in [6.45, 7) is 0.459. The molecule has 2 atom stereocenters. The molecule has 0 unspecified atom stereocenters. The number of hydrogen-bond donors (Lipinski definition) is 2. The normalized spacial score (nSPS) is 18.8. The van der Waals surface area contributed by atoms with Crippen molar-refractivity contribution in [2.45, 2.75) is 34.8 Å². The topological polar surface area (TPSA) is 73.6 Å². The lowest BCUT2D eigenvalue weighted by Crippen LogP contribution is -2.29. The minimum Gasteiger partial charge on any atom is -0.497 e. The minimum atomic E-state index is -0.401. The van der Waals surface area contributed by atoms with Crippen LogP contribution >= 0.6 is 24.2 Å². The number of carbonyl (C=O) groups is 1. The van der Waals surface area contributed by atoms with Gasteiger partial charge in [0, 0.05) is 22.0 Å². The van der Waals surface area contributed by atoms with E-state index in [-0.39, 0.29) is 24.4 Å². The first kappa shape index (κ1) is 20.6. The fourth-order valence-corrected chi connectivity index (χ4v) is 3.50. The Morgan fingerprint density at radius 2 is 1.77 bits per heavy atom. The summed E-state index contributed by atoms with van der Waals surface area (Å²) in [5.74, 6) is 0.736. The summed E-state index contributed by atoms with van der Waals surface area (Å²) in [5, 5.41) is 2.90. The number of anilines is 1. The molecule has 3 N–H and O–H groups in total. The van der Waals surface area contributed by atoms with Gasteiger partial charge in [0.1, 0.15) is 11.9 Å². The highest BCUT2D eigenvalue weighted by Crippen LogP contribution is 2.30. The maximum atomic E-state index is 12.2. The number of ether oxygens (including phenoxy) is 2. The predicted octanol–water partition coefficient (Wildman–Crippen LogP) is 3.71. The fourth-order valence-electron chi connectivity index (χ4n) is 2.68. The van der Waals surface area contributed by atoms with Crippen LogP contribution in [0.1, 0.15) is 12.8 Å². The van der Waals surface area contributed by atoms with Crippen LogP contribution in [0, 0.1) is 0 Å². The Morgan fingerprint density at radius 1 is 1.15 bits per heavy atom. The average Bonchev–Trinajstić information content (AvgIpc) is 3.13. The van der Waals surface area contributed by atoms with E-state index >= 15 is 0 Å². The van der Waals surface area contributed by atoms with Gasteiger partial charge in [-0.1, -0.05) is 11.8 Å². The molecular weight excluding hydrogens is 372 g/mol. The summed E-state index contributed by atoms with van der Waals surface area (Å²) in [4.78, 5) is 14.4. The first-order valence-corrected chi connectivity index (χ1v) is 9.08. The molecule has 0 bridgehead atoms. The number of hydrogen-bond acceptors (Lipinski definition) is 5. The molecule has 2 aromatic carbocycles. The molecule has 1 aliphatic heterocycles. The SMILES string of the molecule is COc1ccc(Sc2ccc(NC(=O)[C@@H]3CC[C@H](CN)O3)cc2)cc1.Cl. The Balaban J connectivity index is 0.00000243. The molecule has 0 aromatic heterocycles. The zero-order valence-corrected chi connectivity index (χ0v) is 16.1. The predicted molar refractivity (Wildman–Crippen MR) is 106 cm³/mol. The molecule has 140 valence electrons. The first-order valence-electron chi connectivity index (χ1n) is 8.26. The highest BCUT2D eigenvalue weighted by molar-refractivity contribution is 7.99. The fraction of sp³-hybridized carbons (Fsp3) is 0.316. The van der Waals surface area contributed by atoms with Crippen molar-refractivity contribution in [2.24, 2.45) is 5.73 Å². The first-order chi connectivity index (χ1) is 12.2. The molecular formula is C19H23ClN2O3S. The summed E-state index contributed by atoms with van der Waals surface area (Å²) in [6, 6.07) is 15.7. The third kappa shape index (κ3) is 5.38. The molecule has 1 aliphatic rings. The van der Waals surface area contributed by atoms with Gasteiger partial charge < -0.3 is 20.5 Å². The van der Waals surface area contributed by atoms with Crippen LogP contribution in [0.3, 0.4) is 0 Å². The highest BCUT2D eigenvalue weighted by atomic mass is 35.5. The number of carbonyl (C=O) groups excluding carboxylic acids is 1. The van der Waals surface area contributed by atoms with E-state index in [0.29, 0.717) is 6.54 Å². The standard InChI is InChI=1S/C19H22N2O3S.ClH/c1-23-14-4-9-17(10-5-14)25-16-7-2-13(3-8-16)21-19(22)18-11-6-15(12-20)24-18;/h2-5,7-10,15,18H,6,11-12,20H2,1H3,(H,21,22);1H/t15-,18+;/m1./s1. The summed E-state index contributed by atoms with van der Waals surface area (Å²) in [7, 11) is 1.65. The van der Waals surface area contributed by atoms with Gasteiger partial charge >= 0.3 is 0 Å². The Morgan fingerprint density at radius 3 is 2.31 bits per heavy atom. The minimum absolute atomic E-state index is 0. The lowest BCUT2D eigenvalue weighted by atomic mass is 10.2. The van der Waals surface area contributed by atoms with E-state index in [1.807, 2.05) is 48.5 Å². The molecule has 26 heavy (non-hydrogen) atoms. The van der Waals surface area contributed by atoms with Crippen LogP contribution in [0.2, 0.25) is 0 Å². The van der Waals surface area contributed by atoms with Crippen LogP contribution in [0.15, 0.2) is 58.3 Å². The van der Waals surface area contributed by atoms with Gasteiger partial charge in [0.05, 0.1) is 13.2 Å². The van der Waals surface area contributed by atoms with Crippen molar-refractivity contribution in [1.82, 2.24) is 0 Å². The monoisotopic (exact) mass is 394 g/mol. The average molecular weight is 395 g/mol. The highest BCUT2D eigenvalue weighted by Gasteiger charge is 2.29. The van der Waals surface area contributed by atoms with Gasteiger partial charge in [-0.2, -0.15) is 0 Å². The molecule has 3 rings (SSSR count). The Bertz CT molecular complexity index is 710. The van der Waals surface area contributed by atoms with Gasteiger partial charge in [0.15, 0.2) is 0 Å². The molecule has 1 heterocycles. The van der Waals surface area contributed by atoms with Gasteiger partial charge in [0.25, 0.3) is 5.91 Å². The van der Waals surface area contributed by atoms with E-state index < -0.39 is 6.10 Å². The van der Waals surface area contributed by atoms with Gasteiger partial charge in [-0.3, -0.25) is 4.79 Å². The van der Waals surface area contributed by atoms with Crippen molar-refractivity contribution in [2.75, 3.05) is 19.0 Å². The lowest BCUT2D eigenvalue weighted by Gasteiger charge is -2.13. The summed E-state index contributed by atoms with van der Waals surface area (Å²) in [6.07, 6.45) is 1.16. The van der Waals surface area contributed by atoms with Gasteiger partial charge in [-0.15, -0.1) is 12.4 Å². The molecule has 5 nitrogen and oxygen atoms in total. The van der Waals surface area contributed by atoms with Crippen molar-refractivity contribution >= 4 is 35.8 Å². The molecule has 0 aliphatic carbocycles. The Labute approximate surface area is 164 Å². The second-order valence-electron chi connectivity index (χ2n) is 5.85. The Hall–Kier alpha value is -1.73. The Kier molecular flexibility index (Phi) is 7.78. The quantitative estimate of drug-likeness (QED) is 0.781. The van der Waals surface area contributed by atoms with Gasteiger partial charge in [0.2, 0.25) is 0 Å². The van der Waals surface area contributed by atoms with E-state index in [2.05, 4.69) is 5.32 Å². The molecule has 0 saturated carbocycles. The molecule has 1 fully saturated rings. The van der Waals surface area contributed by atoms with Crippen molar-refractivity contribution < 1.29 is 14.3 Å². The zero-order valence-electron chi connectivity index (χ0n) is 14.5. The van der Waals surface area contributed by atoms with Crippen molar-refractivity contribution in [3.05, 3.63) is 48.5 Å². The number of rotatable bonds is 6. The third-order valence-electron chi connectivity index (χ3n) is 4.08. The second kappa shape index (κ2) is 9.83. The molecule has 0 radical (unpaired) electrons. The van der Waals surface area contributed by atoms with Crippen LogP contribution in [0.5, 0.6) is 5.75 Å². The molecule has 2 aromatic rings. The van der Waals surface area contributed by atoms with E-state index in [1.54, 1.807) is 18.9 Å². The number of nitrogens with two attached hydrogens (primary N) is 1. The number of amides is 1. The summed E-state index contributed by atoms with van der Waals surface area (Å²) in [5.41, 5.74) is 6.35. The second-order valence-corrected chi connectivity index (χ2v) is 7.00. The van der Waals surface area contributed by atoms with E-state index in [4.69, 9.17) is 15.2 Å². The number of nitrogens with one attached hydrogen (secondary N) is 1. The largest absolute Gasteiger partial charge is 0.497 e. The number of halogens is 1. The molecule has 1 saturated heterocycles. The van der Waals surface area contributed by atoms with Gasteiger partial charge in [-0.25, -0.2) is 0 Å². The van der Waals surface area contributed by atoms with Crippen LogP contribution < -0.4 is 15.8 Å². The van der Waals surface area contributed by atoms with Crippen LogP contribution in [-0.4, -0.2) is 31.8 Å².